The Morgan fingerprint density at radius 1 is 1.33 bits per heavy atom. The molecule has 0 bridgehead atoms. The van der Waals surface area contributed by atoms with Crippen LogP contribution in [0.1, 0.15) is 5.56 Å². The zero-order valence-electron chi connectivity index (χ0n) is 6.89. The molecule has 3 N–H and O–H groups in total. The number of hydrogen-bond donors (Lipinski definition) is 2. The van der Waals surface area contributed by atoms with Gasteiger partial charge in [0.15, 0.2) is 0 Å². The van der Waals surface area contributed by atoms with Crippen molar-refractivity contribution >= 4 is 0 Å². The predicted octanol–water partition coefficient (Wildman–Crippen LogP) is 0.874. The average molecular weight is 168 g/mol. The molecule has 0 atom stereocenters. The first-order chi connectivity index (χ1) is 5.84. The summed E-state index contributed by atoms with van der Waals surface area (Å²) in [5.74, 6) is -0.142. The lowest BCUT2D eigenvalue weighted by Crippen LogP contribution is -2.24. The fourth-order valence-electron chi connectivity index (χ4n) is 1.03. The van der Waals surface area contributed by atoms with Crippen molar-refractivity contribution in [2.24, 2.45) is 5.73 Å². The molecule has 0 spiro atoms. The molecule has 1 rings (SSSR count). The molecule has 0 aromatic heterocycles. The number of nitrogens with two attached hydrogens (primary N) is 1. The largest absolute Gasteiger partial charge is 0.318 e. The Morgan fingerprint density at radius 3 is 2.75 bits per heavy atom. The fraction of sp³-hybridized carbons (Fsp3) is 0.333. The highest BCUT2D eigenvalue weighted by molar-refractivity contribution is 5.17. The van der Waals surface area contributed by atoms with Gasteiger partial charge in [0.1, 0.15) is 5.82 Å². The quantitative estimate of drug-likeness (QED) is 0.517. The lowest BCUT2D eigenvalue weighted by atomic mass is 10.1. The van der Waals surface area contributed by atoms with Gasteiger partial charge < -0.3 is 11.1 Å². The van der Waals surface area contributed by atoms with Gasteiger partial charge in [-0.25, -0.2) is 4.39 Å². The number of nitrogens with one attached hydrogen (secondary N) is 1. The Hall–Kier alpha value is -0.930. The highest BCUT2D eigenvalue weighted by atomic mass is 19.1. The van der Waals surface area contributed by atoms with E-state index in [2.05, 4.69) is 5.32 Å². The Morgan fingerprint density at radius 2 is 2.08 bits per heavy atom. The van der Waals surface area contributed by atoms with Gasteiger partial charge in [0.25, 0.3) is 0 Å². The van der Waals surface area contributed by atoms with E-state index in [9.17, 15) is 4.39 Å². The normalized spacial score (nSPS) is 10.2. The summed E-state index contributed by atoms with van der Waals surface area (Å²) in [6.07, 6.45) is 0.684. The van der Waals surface area contributed by atoms with Crippen LogP contribution in [-0.2, 0) is 6.42 Å². The van der Waals surface area contributed by atoms with Crippen molar-refractivity contribution in [3.8, 4) is 0 Å². The molecule has 0 aliphatic rings. The standard InChI is InChI=1S/C9H13FN2/c10-9-4-2-1-3-8(9)5-6-12-7-11/h1-4,12H,5-7,11H2. The van der Waals surface area contributed by atoms with E-state index in [1.807, 2.05) is 6.07 Å². The van der Waals surface area contributed by atoms with Crippen LogP contribution in [0.25, 0.3) is 0 Å². The molecule has 0 heterocycles. The summed E-state index contributed by atoms with van der Waals surface area (Å²) in [5, 5.41) is 2.94. The van der Waals surface area contributed by atoms with Crippen LogP contribution in [0.3, 0.4) is 0 Å². The van der Waals surface area contributed by atoms with Crippen molar-refractivity contribution in [1.82, 2.24) is 5.32 Å². The van der Waals surface area contributed by atoms with E-state index in [0.717, 1.165) is 12.1 Å². The molecule has 0 saturated heterocycles. The molecular weight excluding hydrogens is 155 g/mol. The van der Waals surface area contributed by atoms with Crippen molar-refractivity contribution < 1.29 is 4.39 Å². The third-order valence-corrected chi connectivity index (χ3v) is 1.67. The molecule has 0 radical (unpaired) electrons. The van der Waals surface area contributed by atoms with Crippen molar-refractivity contribution in [2.45, 2.75) is 6.42 Å². The maximum Gasteiger partial charge on any atom is 0.126 e. The van der Waals surface area contributed by atoms with Crippen molar-refractivity contribution in [2.75, 3.05) is 13.2 Å². The van der Waals surface area contributed by atoms with Crippen LogP contribution in [-0.4, -0.2) is 13.2 Å². The van der Waals surface area contributed by atoms with E-state index < -0.39 is 0 Å². The Balaban J connectivity index is 2.46. The van der Waals surface area contributed by atoms with Crippen molar-refractivity contribution in [3.05, 3.63) is 35.6 Å². The molecule has 1 aromatic rings. The second-order valence-electron chi connectivity index (χ2n) is 2.55. The van der Waals surface area contributed by atoms with Crippen LogP contribution in [0.5, 0.6) is 0 Å². The smallest absolute Gasteiger partial charge is 0.126 e. The van der Waals surface area contributed by atoms with Gasteiger partial charge in [0.05, 0.1) is 0 Å². The van der Waals surface area contributed by atoms with Gasteiger partial charge in [-0.15, -0.1) is 0 Å². The molecule has 0 aliphatic heterocycles. The summed E-state index contributed by atoms with van der Waals surface area (Å²) in [5.41, 5.74) is 5.96. The summed E-state index contributed by atoms with van der Waals surface area (Å²) >= 11 is 0. The van der Waals surface area contributed by atoms with Gasteiger partial charge >= 0.3 is 0 Å². The number of hydrogen-bond acceptors (Lipinski definition) is 2. The van der Waals surface area contributed by atoms with E-state index in [1.165, 1.54) is 6.07 Å². The minimum Gasteiger partial charge on any atom is -0.318 e. The summed E-state index contributed by atoms with van der Waals surface area (Å²) in [7, 11) is 0. The van der Waals surface area contributed by atoms with E-state index >= 15 is 0 Å². The zero-order chi connectivity index (χ0) is 8.81. The second kappa shape index (κ2) is 4.85. The fourth-order valence-corrected chi connectivity index (χ4v) is 1.03. The predicted molar refractivity (Wildman–Crippen MR) is 47.2 cm³/mol. The zero-order valence-corrected chi connectivity index (χ0v) is 6.89. The molecule has 0 amide bonds. The van der Waals surface area contributed by atoms with Gasteiger partial charge in [0, 0.05) is 13.2 Å². The highest BCUT2D eigenvalue weighted by Crippen LogP contribution is 2.05. The molecular formula is C9H13FN2. The van der Waals surface area contributed by atoms with Gasteiger partial charge in [0.2, 0.25) is 0 Å². The summed E-state index contributed by atoms with van der Waals surface area (Å²) in [6.45, 7) is 1.16. The third-order valence-electron chi connectivity index (χ3n) is 1.67. The SMILES string of the molecule is NCNCCc1ccccc1F. The van der Waals surface area contributed by atoms with Crippen LogP contribution < -0.4 is 11.1 Å². The number of benzene rings is 1. The minimum absolute atomic E-state index is 0.142. The van der Waals surface area contributed by atoms with Crippen LogP contribution in [0.2, 0.25) is 0 Å². The monoisotopic (exact) mass is 168 g/mol. The Labute approximate surface area is 71.6 Å². The average Bonchev–Trinajstić information content (AvgIpc) is 2.09. The third kappa shape index (κ3) is 2.60. The van der Waals surface area contributed by atoms with Crippen molar-refractivity contribution in [1.29, 1.82) is 0 Å². The van der Waals surface area contributed by atoms with E-state index in [-0.39, 0.29) is 5.82 Å². The topological polar surface area (TPSA) is 38.0 Å². The molecule has 2 nitrogen and oxygen atoms in total. The van der Waals surface area contributed by atoms with E-state index in [1.54, 1.807) is 12.1 Å². The maximum atomic E-state index is 13.0. The lowest BCUT2D eigenvalue weighted by Gasteiger charge is -2.02. The summed E-state index contributed by atoms with van der Waals surface area (Å²) in [6, 6.07) is 6.78. The highest BCUT2D eigenvalue weighted by Gasteiger charge is 1.98. The maximum absolute atomic E-state index is 13.0. The van der Waals surface area contributed by atoms with E-state index in [0.29, 0.717) is 13.1 Å². The summed E-state index contributed by atoms with van der Waals surface area (Å²) < 4.78 is 13.0. The first-order valence-electron chi connectivity index (χ1n) is 3.99. The van der Waals surface area contributed by atoms with Crippen molar-refractivity contribution in [3.63, 3.8) is 0 Å². The first-order valence-corrected chi connectivity index (χ1v) is 3.99. The molecule has 12 heavy (non-hydrogen) atoms. The molecule has 1 aromatic carbocycles. The van der Waals surface area contributed by atoms with Gasteiger partial charge in [-0.3, -0.25) is 0 Å². The van der Waals surface area contributed by atoms with Gasteiger partial charge in [-0.2, -0.15) is 0 Å². The number of rotatable bonds is 4. The molecule has 66 valence electrons. The Bertz CT molecular complexity index is 238. The Kier molecular flexibility index (Phi) is 3.70. The van der Waals surface area contributed by atoms with Gasteiger partial charge in [-0.1, -0.05) is 18.2 Å². The van der Waals surface area contributed by atoms with E-state index in [4.69, 9.17) is 5.73 Å². The van der Waals surface area contributed by atoms with Gasteiger partial charge in [-0.05, 0) is 18.1 Å². The van der Waals surface area contributed by atoms with Crippen LogP contribution >= 0.6 is 0 Å². The first kappa shape index (κ1) is 9.16. The molecule has 3 heteroatoms. The summed E-state index contributed by atoms with van der Waals surface area (Å²) in [4.78, 5) is 0. The number of halogens is 1. The lowest BCUT2D eigenvalue weighted by molar-refractivity contribution is 0.599. The minimum atomic E-state index is -0.142. The molecule has 0 fully saturated rings. The molecule has 0 unspecified atom stereocenters. The molecule has 0 aliphatic carbocycles. The van der Waals surface area contributed by atoms with Crippen LogP contribution in [0.15, 0.2) is 24.3 Å². The van der Waals surface area contributed by atoms with Crippen LogP contribution in [0, 0.1) is 5.82 Å². The molecule has 0 saturated carbocycles. The van der Waals surface area contributed by atoms with Crippen LogP contribution in [0.4, 0.5) is 4.39 Å². The second-order valence-corrected chi connectivity index (χ2v) is 2.55.